The highest BCUT2D eigenvalue weighted by Crippen LogP contribution is 2.25. The molecule has 8 heteroatoms. The van der Waals surface area contributed by atoms with E-state index < -0.39 is 6.04 Å². The molecule has 0 unspecified atom stereocenters. The van der Waals surface area contributed by atoms with Crippen molar-refractivity contribution in [3.8, 4) is 0 Å². The van der Waals surface area contributed by atoms with Crippen molar-refractivity contribution in [2.24, 2.45) is 7.05 Å². The van der Waals surface area contributed by atoms with Crippen LogP contribution in [0.2, 0.25) is 0 Å². The molecule has 3 N–H and O–H groups in total. The molecule has 0 aliphatic carbocycles. The summed E-state index contributed by atoms with van der Waals surface area (Å²) in [5.74, 6) is -0.0739. The van der Waals surface area contributed by atoms with Gasteiger partial charge in [-0.2, -0.15) is 11.8 Å². The van der Waals surface area contributed by atoms with Crippen LogP contribution >= 0.6 is 11.8 Å². The SMILES string of the molecule is CSCC[C@H]1NC(=O)c2cc(NC(=O)c3ccc4ccn(C)c4c3)ccc2NC1=O. The summed E-state index contributed by atoms with van der Waals surface area (Å²) >= 11 is 1.62. The van der Waals surface area contributed by atoms with E-state index in [1.165, 1.54) is 0 Å². The van der Waals surface area contributed by atoms with Gasteiger partial charge in [-0.15, -0.1) is 0 Å². The minimum Gasteiger partial charge on any atom is -0.351 e. The van der Waals surface area contributed by atoms with Crippen LogP contribution in [0.15, 0.2) is 48.7 Å². The Labute approximate surface area is 178 Å². The van der Waals surface area contributed by atoms with E-state index >= 15 is 0 Å². The molecule has 3 amide bonds. The van der Waals surface area contributed by atoms with Gasteiger partial charge in [0.15, 0.2) is 0 Å². The standard InChI is InChI=1S/C22H22N4O3S/c1-26-9-7-13-3-4-14(11-19(13)26)20(27)23-15-5-6-17-16(12-15)21(28)25-18(8-10-30-2)22(29)24-17/h3-7,9,11-12,18H,8,10H2,1-2H3,(H,23,27)(H,24,29)(H,25,28)/t18-/m1/s1. The average molecular weight is 423 g/mol. The first-order chi connectivity index (χ1) is 14.5. The lowest BCUT2D eigenvalue weighted by atomic mass is 10.1. The molecule has 0 bridgehead atoms. The van der Waals surface area contributed by atoms with Crippen LogP contribution in [0.25, 0.3) is 10.9 Å². The van der Waals surface area contributed by atoms with E-state index in [1.807, 2.05) is 42.3 Å². The van der Waals surface area contributed by atoms with Crippen molar-refractivity contribution in [1.82, 2.24) is 9.88 Å². The van der Waals surface area contributed by atoms with Crippen molar-refractivity contribution in [3.63, 3.8) is 0 Å². The van der Waals surface area contributed by atoms with Crippen LogP contribution in [0.3, 0.4) is 0 Å². The van der Waals surface area contributed by atoms with Gasteiger partial charge >= 0.3 is 0 Å². The summed E-state index contributed by atoms with van der Waals surface area (Å²) in [5, 5.41) is 9.47. The van der Waals surface area contributed by atoms with Crippen LogP contribution in [-0.4, -0.2) is 40.3 Å². The van der Waals surface area contributed by atoms with Crippen molar-refractivity contribution in [2.75, 3.05) is 22.6 Å². The molecule has 1 atom stereocenters. The van der Waals surface area contributed by atoms with Crippen LogP contribution in [0.1, 0.15) is 27.1 Å². The Bertz CT molecular complexity index is 1150. The molecule has 4 rings (SSSR count). The fourth-order valence-electron chi connectivity index (χ4n) is 3.49. The number of carbonyl (C=O) groups is 3. The highest BCUT2D eigenvalue weighted by atomic mass is 32.2. The first-order valence-corrected chi connectivity index (χ1v) is 11.0. The number of thioether (sulfide) groups is 1. The topological polar surface area (TPSA) is 92.2 Å². The Morgan fingerprint density at radius 1 is 1.17 bits per heavy atom. The lowest BCUT2D eigenvalue weighted by Crippen LogP contribution is -2.41. The summed E-state index contributed by atoms with van der Waals surface area (Å²) in [6, 6.07) is 11.8. The molecule has 2 heterocycles. The monoisotopic (exact) mass is 422 g/mol. The van der Waals surface area contributed by atoms with Crippen molar-refractivity contribution in [1.29, 1.82) is 0 Å². The minimum atomic E-state index is -0.576. The fraction of sp³-hybridized carbons (Fsp3) is 0.227. The van der Waals surface area contributed by atoms with Crippen LogP contribution in [-0.2, 0) is 11.8 Å². The van der Waals surface area contributed by atoms with Crippen LogP contribution in [0.4, 0.5) is 11.4 Å². The summed E-state index contributed by atoms with van der Waals surface area (Å²) in [7, 11) is 1.93. The second kappa shape index (κ2) is 8.23. The van der Waals surface area contributed by atoms with Gasteiger partial charge in [-0.3, -0.25) is 14.4 Å². The second-order valence-corrected chi connectivity index (χ2v) is 8.20. The number of carbonyl (C=O) groups excluding carboxylic acids is 3. The lowest BCUT2D eigenvalue weighted by Gasteiger charge is -2.13. The smallest absolute Gasteiger partial charge is 0.255 e. The summed E-state index contributed by atoms with van der Waals surface area (Å²) in [6.45, 7) is 0. The molecular weight excluding hydrogens is 400 g/mol. The van der Waals surface area contributed by atoms with Gasteiger partial charge < -0.3 is 20.5 Å². The predicted octanol–water partition coefficient (Wildman–Crippen LogP) is 3.23. The van der Waals surface area contributed by atoms with Crippen LogP contribution in [0.5, 0.6) is 0 Å². The van der Waals surface area contributed by atoms with Gasteiger partial charge in [0.05, 0.1) is 11.3 Å². The van der Waals surface area contributed by atoms with E-state index in [1.54, 1.807) is 36.0 Å². The molecule has 154 valence electrons. The van der Waals surface area contributed by atoms with E-state index in [0.717, 1.165) is 16.7 Å². The third-order valence-electron chi connectivity index (χ3n) is 5.16. The molecule has 0 spiro atoms. The third kappa shape index (κ3) is 3.91. The van der Waals surface area contributed by atoms with E-state index in [0.29, 0.717) is 28.9 Å². The van der Waals surface area contributed by atoms with Crippen LogP contribution in [0, 0.1) is 0 Å². The maximum atomic E-state index is 12.7. The molecule has 30 heavy (non-hydrogen) atoms. The average Bonchev–Trinajstić information content (AvgIpc) is 3.06. The van der Waals surface area contributed by atoms with Gasteiger partial charge in [0.25, 0.3) is 11.8 Å². The molecule has 0 fully saturated rings. The zero-order valence-electron chi connectivity index (χ0n) is 16.7. The number of aromatic nitrogens is 1. The van der Waals surface area contributed by atoms with Gasteiger partial charge in [0.2, 0.25) is 5.91 Å². The first-order valence-electron chi connectivity index (χ1n) is 9.57. The Morgan fingerprint density at radius 3 is 2.80 bits per heavy atom. The van der Waals surface area contributed by atoms with Gasteiger partial charge in [-0.05, 0) is 60.2 Å². The number of fused-ring (bicyclic) bond motifs is 2. The number of hydrogen-bond acceptors (Lipinski definition) is 4. The number of rotatable bonds is 5. The lowest BCUT2D eigenvalue weighted by molar-refractivity contribution is -0.117. The van der Waals surface area contributed by atoms with E-state index in [-0.39, 0.29) is 17.7 Å². The number of hydrogen-bond donors (Lipinski definition) is 3. The number of amides is 3. The van der Waals surface area contributed by atoms with Gasteiger partial charge in [-0.25, -0.2) is 0 Å². The molecule has 1 aliphatic heterocycles. The molecular formula is C22H22N4O3S. The Balaban J connectivity index is 1.55. The number of anilines is 2. The Morgan fingerprint density at radius 2 is 2.00 bits per heavy atom. The van der Waals surface area contributed by atoms with E-state index in [9.17, 15) is 14.4 Å². The van der Waals surface area contributed by atoms with Crippen molar-refractivity contribution >= 4 is 51.8 Å². The highest BCUT2D eigenvalue weighted by molar-refractivity contribution is 7.98. The Kier molecular flexibility index (Phi) is 5.50. The zero-order chi connectivity index (χ0) is 21.3. The largest absolute Gasteiger partial charge is 0.351 e. The predicted molar refractivity (Wildman–Crippen MR) is 120 cm³/mol. The first kappa shape index (κ1) is 20.0. The molecule has 1 aliphatic rings. The van der Waals surface area contributed by atoms with Crippen LogP contribution < -0.4 is 16.0 Å². The number of aryl methyl sites for hydroxylation is 1. The summed E-state index contributed by atoms with van der Waals surface area (Å²) in [5.41, 5.74) is 2.73. The van der Waals surface area contributed by atoms with E-state index in [2.05, 4.69) is 16.0 Å². The van der Waals surface area contributed by atoms with Gasteiger partial charge in [0.1, 0.15) is 6.04 Å². The normalized spacial score (nSPS) is 15.9. The highest BCUT2D eigenvalue weighted by Gasteiger charge is 2.27. The molecule has 0 saturated carbocycles. The maximum Gasteiger partial charge on any atom is 0.255 e. The molecule has 0 saturated heterocycles. The van der Waals surface area contributed by atoms with Gasteiger partial charge in [-0.1, -0.05) is 6.07 Å². The van der Waals surface area contributed by atoms with Crippen molar-refractivity contribution in [3.05, 3.63) is 59.8 Å². The number of nitrogens with one attached hydrogen (secondary N) is 3. The maximum absolute atomic E-state index is 12.7. The number of nitrogens with zero attached hydrogens (tertiary/aromatic N) is 1. The third-order valence-corrected chi connectivity index (χ3v) is 5.81. The fourth-order valence-corrected chi connectivity index (χ4v) is 3.96. The summed E-state index contributed by atoms with van der Waals surface area (Å²) in [6.07, 6.45) is 4.45. The quantitative estimate of drug-likeness (QED) is 0.589. The molecule has 1 aromatic heterocycles. The molecule has 3 aromatic rings. The zero-order valence-corrected chi connectivity index (χ0v) is 17.5. The second-order valence-electron chi connectivity index (χ2n) is 7.21. The molecule has 7 nitrogen and oxygen atoms in total. The molecule has 2 aromatic carbocycles. The van der Waals surface area contributed by atoms with E-state index in [4.69, 9.17) is 0 Å². The van der Waals surface area contributed by atoms with Crippen molar-refractivity contribution in [2.45, 2.75) is 12.5 Å². The molecule has 0 radical (unpaired) electrons. The minimum absolute atomic E-state index is 0.233. The van der Waals surface area contributed by atoms with Crippen molar-refractivity contribution < 1.29 is 14.4 Å². The Hall–Kier alpha value is -3.26. The summed E-state index contributed by atoms with van der Waals surface area (Å²) in [4.78, 5) is 37.8. The van der Waals surface area contributed by atoms with Gasteiger partial charge in [0, 0.05) is 30.0 Å². The number of benzene rings is 2. The summed E-state index contributed by atoms with van der Waals surface area (Å²) < 4.78 is 1.95.